The standard InChI is InChI=1S/C23H30N2OS/c1-17-8-7-15-25(16-17)21-13-11-20(12-14-21)18(2)24-23(26)19(3)27-22-9-5-4-6-10-22/h4-6,9-14,17-19H,7-8,15-16H2,1-3H3,(H,24,26)/t17-,18+,19-/m1/s1. The molecule has 0 saturated carbocycles. The number of nitrogens with one attached hydrogen (secondary N) is 1. The fraction of sp³-hybridized carbons (Fsp3) is 0.435. The van der Waals surface area contributed by atoms with Crippen molar-refractivity contribution in [2.24, 2.45) is 5.92 Å². The van der Waals surface area contributed by atoms with Gasteiger partial charge in [-0.2, -0.15) is 0 Å². The highest BCUT2D eigenvalue weighted by molar-refractivity contribution is 8.00. The summed E-state index contributed by atoms with van der Waals surface area (Å²) in [7, 11) is 0. The average molecular weight is 383 g/mol. The molecular formula is C23H30N2OS. The van der Waals surface area contributed by atoms with Crippen molar-refractivity contribution in [3.63, 3.8) is 0 Å². The van der Waals surface area contributed by atoms with Gasteiger partial charge in [-0.1, -0.05) is 37.3 Å². The number of carbonyl (C=O) groups excluding carboxylic acids is 1. The molecule has 2 aromatic carbocycles. The zero-order chi connectivity index (χ0) is 19.2. The number of carbonyl (C=O) groups is 1. The minimum absolute atomic E-state index is 0.00523. The number of anilines is 1. The lowest BCUT2D eigenvalue weighted by Gasteiger charge is -2.33. The van der Waals surface area contributed by atoms with Crippen molar-refractivity contribution in [1.29, 1.82) is 0 Å². The maximum atomic E-state index is 12.5. The van der Waals surface area contributed by atoms with Crippen LogP contribution >= 0.6 is 11.8 Å². The summed E-state index contributed by atoms with van der Waals surface area (Å²) < 4.78 is 0. The van der Waals surface area contributed by atoms with E-state index in [1.807, 2.05) is 37.3 Å². The van der Waals surface area contributed by atoms with Gasteiger partial charge in [0, 0.05) is 23.7 Å². The predicted molar refractivity (Wildman–Crippen MR) is 115 cm³/mol. The lowest BCUT2D eigenvalue weighted by Crippen LogP contribution is -2.34. The minimum atomic E-state index is -0.121. The quantitative estimate of drug-likeness (QED) is 0.690. The number of rotatable bonds is 6. The maximum absolute atomic E-state index is 12.5. The molecule has 0 bridgehead atoms. The fourth-order valence-electron chi connectivity index (χ4n) is 3.57. The third-order valence-electron chi connectivity index (χ3n) is 5.20. The van der Waals surface area contributed by atoms with E-state index in [2.05, 4.69) is 48.3 Å². The first-order valence-electron chi connectivity index (χ1n) is 9.90. The zero-order valence-electron chi connectivity index (χ0n) is 16.5. The van der Waals surface area contributed by atoms with Gasteiger partial charge in [0.15, 0.2) is 0 Å². The van der Waals surface area contributed by atoms with Gasteiger partial charge in [-0.15, -0.1) is 11.8 Å². The number of piperidine rings is 1. The summed E-state index contributed by atoms with van der Waals surface area (Å²) in [4.78, 5) is 16.1. The zero-order valence-corrected chi connectivity index (χ0v) is 17.3. The molecule has 1 N–H and O–H groups in total. The van der Waals surface area contributed by atoms with Crippen LogP contribution in [0.1, 0.15) is 45.2 Å². The summed E-state index contributed by atoms with van der Waals surface area (Å²) in [5.74, 6) is 0.838. The molecule has 4 heteroatoms. The van der Waals surface area contributed by atoms with E-state index in [4.69, 9.17) is 0 Å². The Bertz CT molecular complexity index is 732. The van der Waals surface area contributed by atoms with E-state index in [9.17, 15) is 4.79 Å². The number of nitrogens with zero attached hydrogens (tertiary/aromatic N) is 1. The van der Waals surface area contributed by atoms with Crippen molar-refractivity contribution in [1.82, 2.24) is 5.32 Å². The Labute approximate surface area is 167 Å². The molecule has 0 aromatic heterocycles. The second-order valence-corrected chi connectivity index (χ2v) is 9.00. The van der Waals surface area contributed by atoms with Crippen LogP contribution in [0.3, 0.4) is 0 Å². The molecule has 27 heavy (non-hydrogen) atoms. The van der Waals surface area contributed by atoms with E-state index in [0.717, 1.165) is 29.5 Å². The van der Waals surface area contributed by atoms with Crippen molar-refractivity contribution in [2.75, 3.05) is 18.0 Å². The van der Waals surface area contributed by atoms with E-state index < -0.39 is 0 Å². The summed E-state index contributed by atoms with van der Waals surface area (Å²) in [5, 5.41) is 3.03. The number of thioether (sulfide) groups is 1. The molecule has 3 rings (SSSR count). The predicted octanol–water partition coefficient (Wildman–Crippen LogP) is 5.28. The maximum Gasteiger partial charge on any atom is 0.233 e. The highest BCUT2D eigenvalue weighted by Gasteiger charge is 2.19. The van der Waals surface area contributed by atoms with Crippen LogP contribution in [-0.4, -0.2) is 24.2 Å². The third kappa shape index (κ3) is 5.52. The monoisotopic (exact) mass is 382 g/mol. The number of amides is 1. The van der Waals surface area contributed by atoms with Crippen molar-refractivity contribution in [3.05, 3.63) is 60.2 Å². The van der Waals surface area contributed by atoms with Crippen molar-refractivity contribution in [2.45, 2.75) is 49.8 Å². The van der Waals surface area contributed by atoms with Gasteiger partial charge in [-0.3, -0.25) is 4.79 Å². The first-order chi connectivity index (χ1) is 13.0. The van der Waals surface area contributed by atoms with E-state index in [1.165, 1.54) is 18.5 Å². The van der Waals surface area contributed by atoms with E-state index in [0.29, 0.717) is 0 Å². The second kappa shape index (κ2) is 9.32. The Morgan fingerprint density at radius 1 is 1.11 bits per heavy atom. The molecule has 1 aliphatic rings. The molecule has 1 aliphatic heterocycles. The van der Waals surface area contributed by atoms with Crippen LogP contribution in [0.4, 0.5) is 5.69 Å². The molecule has 0 spiro atoms. The van der Waals surface area contributed by atoms with E-state index >= 15 is 0 Å². The molecule has 1 saturated heterocycles. The molecule has 1 heterocycles. The number of hydrogen-bond donors (Lipinski definition) is 1. The largest absolute Gasteiger partial charge is 0.371 e. The molecule has 0 radical (unpaired) electrons. The lowest BCUT2D eigenvalue weighted by molar-refractivity contribution is -0.120. The van der Waals surface area contributed by atoms with Gasteiger partial charge in [0.05, 0.1) is 11.3 Å². The van der Waals surface area contributed by atoms with Crippen LogP contribution in [-0.2, 0) is 4.79 Å². The van der Waals surface area contributed by atoms with Crippen LogP contribution in [0.2, 0.25) is 0 Å². The Hall–Kier alpha value is -1.94. The topological polar surface area (TPSA) is 32.3 Å². The molecule has 0 aliphatic carbocycles. The van der Waals surface area contributed by atoms with E-state index in [-0.39, 0.29) is 17.2 Å². The van der Waals surface area contributed by atoms with Crippen LogP contribution in [0.5, 0.6) is 0 Å². The minimum Gasteiger partial charge on any atom is -0.371 e. The average Bonchev–Trinajstić information content (AvgIpc) is 2.69. The molecule has 1 amide bonds. The van der Waals surface area contributed by atoms with Gasteiger partial charge in [0.2, 0.25) is 5.91 Å². The third-order valence-corrected chi connectivity index (χ3v) is 6.31. The molecule has 3 atom stereocenters. The number of hydrogen-bond acceptors (Lipinski definition) is 3. The summed E-state index contributed by atoms with van der Waals surface area (Å²) in [6.45, 7) is 8.62. The number of benzene rings is 2. The highest BCUT2D eigenvalue weighted by atomic mass is 32.2. The van der Waals surface area contributed by atoms with Gasteiger partial charge < -0.3 is 10.2 Å². The SMILES string of the molecule is C[C@@H]1CCCN(c2ccc([C@H](C)NC(=O)[C@@H](C)Sc3ccccc3)cc2)C1. The molecule has 1 fully saturated rings. The van der Waals surface area contributed by atoms with Gasteiger partial charge in [0.1, 0.15) is 0 Å². The summed E-state index contributed by atoms with van der Waals surface area (Å²) in [6, 6.07) is 18.8. The van der Waals surface area contributed by atoms with Crippen LogP contribution in [0.15, 0.2) is 59.5 Å². The first-order valence-corrected chi connectivity index (χ1v) is 10.8. The Morgan fingerprint density at radius 2 is 1.81 bits per heavy atom. The van der Waals surface area contributed by atoms with E-state index in [1.54, 1.807) is 11.8 Å². The van der Waals surface area contributed by atoms with Crippen LogP contribution in [0, 0.1) is 5.92 Å². The first kappa shape index (κ1) is 19.8. The van der Waals surface area contributed by atoms with Crippen molar-refractivity contribution in [3.8, 4) is 0 Å². The highest BCUT2D eigenvalue weighted by Crippen LogP contribution is 2.26. The van der Waals surface area contributed by atoms with Gasteiger partial charge in [-0.05, 0) is 62.4 Å². The van der Waals surface area contributed by atoms with Gasteiger partial charge in [0.25, 0.3) is 0 Å². The molecule has 2 aromatic rings. The normalized spacial score (nSPS) is 19.4. The Kier molecular flexibility index (Phi) is 6.84. The van der Waals surface area contributed by atoms with Gasteiger partial charge in [-0.25, -0.2) is 0 Å². The van der Waals surface area contributed by atoms with Crippen LogP contribution in [0.25, 0.3) is 0 Å². The molecule has 144 valence electrons. The summed E-state index contributed by atoms with van der Waals surface area (Å²) in [5.41, 5.74) is 2.44. The molecular weight excluding hydrogens is 352 g/mol. The van der Waals surface area contributed by atoms with Gasteiger partial charge >= 0.3 is 0 Å². The van der Waals surface area contributed by atoms with Crippen molar-refractivity contribution < 1.29 is 4.79 Å². The molecule has 0 unspecified atom stereocenters. The Balaban J connectivity index is 1.55. The second-order valence-electron chi connectivity index (χ2n) is 7.59. The summed E-state index contributed by atoms with van der Waals surface area (Å²) >= 11 is 1.59. The molecule has 3 nitrogen and oxygen atoms in total. The fourth-order valence-corrected chi connectivity index (χ4v) is 4.47. The summed E-state index contributed by atoms with van der Waals surface area (Å²) in [6.07, 6.45) is 2.60. The smallest absolute Gasteiger partial charge is 0.233 e. The lowest BCUT2D eigenvalue weighted by atomic mass is 9.99. The Morgan fingerprint density at radius 3 is 2.48 bits per heavy atom. The van der Waals surface area contributed by atoms with Crippen molar-refractivity contribution >= 4 is 23.4 Å². The van der Waals surface area contributed by atoms with Crippen LogP contribution < -0.4 is 10.2 Å².